The molecule has 0 aromatic rings. The maximum atomic E-state index is 4.54. The Morgan fingerprint density at radius 2 is 1.40 bits per heavy atom. The minimum Gasteiger partial charge on any atom is -0.197 e. The summed E-state index contributed by atoms with van der Waals surface area (Å²) in [5.41, 5.74) is 0. The fraction of sp³-hybridized carbons (Fsp3) is 0.667. The van der Waals surface area contributed by atoms with Gasteiger partial charge >= 0.3 is 0 Å². The molecular formula is C3H8S2. The summed E-state index contributed by atoms with van der Waals surface area (Å²) in [6.45, 7) is 3.80. The lowest BCUT2D eigenvalue weighted by Crippen LogP contribution is -1.63. The normalized spacial score (nSPS) is 5.20. The number of hydrogen-bond donors (Lipinski definition) is 0. The van der Waals surface area contributed by atoms with Crippen molar-refractivity contribution in [2.45, 2.75) is 13.8 Å². The lowest BCUT2D eigenvalue weighted by atomic mass is 10.6. The summed E-state index contributed by atoms with van der Waals surface area (Å²) in [6.07, 6.45) is 0. The molecule has 0 bridgehead atoms. The Bertz CT molecular complexity index is 27.9. The molecule has 0 aliphatic rings. The van der Waals surface area contributed by atoms with Crippen LogP contribution in [0.5, 0.6) is 0 Å². The number of rotatable bonds is 0. The van der Waals surface area contributed by atoms with E-state index in [1.807, 2.05) is 13.8 Å². The molecule has 0 saturated carbocycles. The van der Waals surface area contributed by atoms with Gasteiger partial charge in [-0.1, -0.05) is 12.2 Å². The van der Waals surface area contributed by atoms with E-state index in [2.05, 4.69) is 12.2 Å². The van der Waals surface area contributed by atoms with Crippen molar-refractivity contribution >= 4 is 30.6 Å². The molecule has 0 aliphatic carbocycles. The first-order valence-corrected chi connectivity index (χ1v) is 1.61. The van der Waals surface area contributed by atoms with Crippen molar-refractivity contribution in [1.29, 1.82) is 0 Å². The van der Waals surface area contributed by atoms with E-state index in [-0.39, 0.29) is 13.5 Å². The molecule has 0 spiro atoms. The van der Waals surface area contributed by atoms with Crippen LogP contribution in [0.15, 0.2) is 0 Å². The molecule has 0 heterocycles. The zero-order valence-electron chi connectivity index (χ0n) is 3.41. The van der Waals surface area contributed by atoms with Crippen LogP contribution < -0.4 is 0 Å². The summed E-state index contributed by atoms with van der Waals surface area (Å²) in [5.74, 6) is 0. The Kier molecular flexibility index (Phi) is 8.05. The molecule has 0 fully saturated rings. The van der Waals surface area contributed by atoms with Crippen molar-refractivity contribution in [3.63, 3.8) is 0 Å². The van der Waals surface area contributed by atoms with Gasteiger partial charge in [0.1, 0.15) is 0 Å². The molecule has 2 heteroatoms. The van der Waals surface area contributed by atoms with Gasteiger partial charge in [0.15, 0.2) is 0 Å². The molecule has 5 heavy (non-hydrogen) atoms. The first kappa shape index (κ1) is 9.06. The van der Waals surface area contributed by atoms with Crippen LogP contribution in [0.3, 0.4) is 0 Å². The molecule has 0 radical (unpaired) electrons. The van der Waals surface area contributed by atoms with Crippen LogP contribution >= 0.6 is 25.7 Å². The molecule has 0 N–H and O–H groups in total. The van der Waals surface area contributed by atoms with Crippen molar-refractivity contribution in [1.82, 2.24) is 0 Å². The van der Waals surface area contributed by atoms with E-state index >= 15 is 0 Å². The Morgan fingerprint density at radius 3 is 1.40 bits per heavy atom. The largest absolute Gasteiger partial charge is 0.197 e. The van der Waals surface area contributed by atoms with E-state index in [0.29, 0.717) is 0 Å². The molecule has 0 aromatic heterocycles. The van der Waals surface area contributed by atoms with E-state index in [9.17, 15) is 0 Å². The van der Waals surface area contributed by atoms with Gasteiger partial charge in [-0.3, -0.25) is 0 Å². The third-order valence-corrected chi connectivity index (χ3v) is 0. The van der Waals surface area contributed by atoms with E-state index in [1.165, 1.54) is 0 Å². The monoisotopic (exact) mass is 108 g/mol. The molecule has 32 valence electrons. The van der Waals surface area contributed by atoms with Gasteiger partial charge < -0.3 is 0 Å². The topological polar surface area (TPSA) is 0 Å². The van der Waals surface area contributed by atoms with Crippen LogP contribution in [0, 0.1) is 0 Å². The zero-order chi connectivity index (χ0) is 3.58. The summed E-state index contributed by atoms with van der Waals surface area (Å²) in [4.78, 5) is 1.00. The molecule has 0 amide bonds. The van der Waals surface area contributed by atoms with Crippen LogP contribution in [0.4, 0.5) is 0 Å². The van der Waals surface area contributed by atoms with E-state index in [4.69, 9.17) is 0 Å². The van der Waals surface area contributed by atoms with Crippen molar-refractivity contribution in [2.75, 3.05) is 0 Å². The Balaban J connectivity index is 0. The second-order valence-electron chi connectivity index (χ2n) is 0.908. The van der Waals surface area contributed by atoms with Crippen molar-refractivity contribution in [3.05, 3.63) is 0 Å². The van der Waals surface area contributed by atoms with Crippen molar-refractivity contribution in [2.24, 2.45) is 0 Å². The summed E-state index contributed by atoms with van der Waals surface area (Å²) in [7, 11) is 0. The van der Waals surface area contributed by atoms with Crippen LogP contribution in [-0.2, 0) is 0 Å². The van der Waals surface area contributed by atoms with Gasteiger partial charge in [-0.25, -0.2) is 0 Å². The average Bonchev–Trinajstić information content (AvgIpc) is 0.811. The van der Waals surface area contributed by atoms with Crippen molar-refractivity contribution in [3.8, 4) is 0 Å². The Morgan fingerprint density at radius 1 is 1.40 bits per heavy atom. The summed E-state index contributed by atoms with van der Waals surface area (Å²) < 4.78 is 0. The van der Waals surface area contributed by atoms with E-state index in [1.54, 1.807) is 0 Å². The standard InChI is InChI=1S/C3H6S.H2S/c1-3(2)4;/h1-2H3;1H2. The van der Waals surface area contributed by atoms with Crippen molar-refractivity contribution < 1.29 is 0 Å². The van der Waals surface area contributed by atoms with Crippen LogP contribution in [0.2, 0.25) is 0 Å². The minimum atomic E-state index is 0. The minimum absolute atomic E-state index is 0. The highest BCUT2D eigenvalue weighted by molar-refractivity contribution is 7.80. The molecule has 0 rings (SSSR count). The van der Waals surface area contributed by atoms with Gasteiger partial charge in [-0.15, -0.1) is 0 Å². The molecule has 0 saturated heterocycles. The highest BCUT2D eigenvalue weighted by Crippen LogP contribution is 1.61. The Labute approximate surface area is 45.0 Å². The number of hydrogen-bond acceptors (Lipinski definition) is 1. The maximum absolute atomic E-state index is 4.54. The third kappa shape index (κ3) is 137. The Hall–Kier alpha value is 0.440. The van der Waals surface area contributed by atoms with Crippen LogP contribution in [0.1, 0.15) is 13.8 Å². The lowest BCUT2D eigenvalue weighted by molar-refractivity contribution is 1.85. The fourth-order valence-electron chi connectivity index (χ4n) is 0. The highest BCUT2D eigenvalue weighted by Gasteiger charge is 1.55. The second-order valence-corrected chi connectivity index (χ2v) is 1.72. The van der Waals surface area contributed by atoms with Crippen LogP contribution in [-0.4, -0.2) is 4.86 Å². The maximum Gasteiger partial charge on any atom is -0.0133 e. The summed E-state index contributed by atoms with van der Waals surface area (Å²) in [6, 6.07) is 0. The SMILES string of the molecule is CC(C)=S.S. The van der Waals surface area contributed by atoms with Gasteiger partial charge in [0.25, 0.3) is 0 Å². The first-order valence-electron chi connectivity index (χ1n) is 1.20. The van der Waals surface area contributed by atoms with Gasteiger partial charge in [0.2, 0.25) is 0 Å². The first-order chi connectivity index (χ1) is 1.73. The molecule has 0 aromatic carbocycles. The van der Waals surface area contributed by atoms with Gasteiger partial charge in [-0.05, 0) is 18.7 Å². The predicted molar refractivity (Wildman–Crippen MR) is 34.3 cm³/mol. The highest BCUT2D eigenvalue weighted by atomic mass is 32.1. The molecular weight excluding hydrogens is 100 g/mol. The smallest absolute Gasteiger partial charge is 0.0133 e. The fourth-order valence-corrected chi connectivity index (χ4v) is 0. The molecule has 0 atom stereocenters. The third-order valence-electron chi connectivity index (χ3n) is 0. The van der Waals surface area contributed by atoms with Crippen LogP contribution in [0.25, 0.3) is 0 Å². The lowest BCUT2D eigenvalue weighted by Gasteiger charge is -1.61. The van der Waals surface area contributed by atoms with Gasteiger partial charge in [0, 0.05) is 0 Å². The quantitative estimate of drug-likeness (QED) is 0.424. The predicted octanol–water partition coefficient (Wildman–Crippen LogP) is 1.51. The molecule has 0 aliphatic heterocycles. The summed E-state index contributed by atoms with van der Waals surface area (Å²) >= 11 is 4.54. The summed E-state index contributed by atoms with van der Waals surface area (Å²) in [5, 5.41) is 0. The van der Waals surface area contributed by atoms with Gasteiger partial charge in [0.05, 0.1) is 0 Å². The van der Waals surface area contributed by atoms with Gasteiger partial charge in [-0.2, -0.15) is 13.5 Å². The second kappa shape index (κ2) is 4.44. The zero-order valence-corrected chi connectivity index (χ0v) is 5.22. The average molecular weight is 108 g/mol. The number of thiocarbonyl (C=S) groups is 1. The van der Waals surface area contributed by atoms with E-state index in [0.717, 1.165) is 4.86 Å². The molecule has 0 nitrogen and oxygen atoms in total. The molecule has 0 unspecified atom stereocenters. The van der Waals surface area contributed by atoms with E-state index < -0.39 is 0 Å².